The summed E-state index contributed by atoms with van der Waals surface area (Å²) in [6.45, 7) is 4.06. The van der Waals surface area contributed by atoms with E-state index in [1.54, 1.807) is 6.07 Å². The number of methoxy groups -OCH3 is 1. The average Bonchev–Trinajstić information content (AvgIpc) is 2.79. The van der Waals surface area contributed by atoms with E-state index >= 15 is 0 Å². The SMILES string of the molecule is CCC(C)NC1(C(=O)OC)CCc2c(F)cccc21. The molecule has 1 aliphatic carbocycles. The van der Waals surface area contributed by atoms with Crippen LogP contribution in [0.4, 0.5) is 4.39 Å². The fraction of sp³-hybridized carbons (Fsp3) is 0.533. The molecule has 0 aliphatic heterocycles. The van der Waals surface area contributed by atoms with Gasteiger partial charge in [-0.1, -0.05) is 19.1 Å². The lowest BCUT2D eigenvalue weighted by molar-refractivity contribution is -0.149. The Morgan fingerprint density at radius 1 is 1.58 bits per heavy atom. The first kappa shape index (κ1) is 14.0. The Morgan fingerprint density at radius 2 is 2.32 bits per heavy atom. The van der Waals surface area contributed by atoms with E-state index in [0.717, 1.165) is 12.0 Å². The lowest BCUT2D eigenvalue weighted by atomic mass is 9.90. The van der Waals surface area contributed by atoms with E-state index in [1.807, 2.05) is 19.9 Å². The minimum Gasteiger partial charge on any atom is -0.467 e. The highest BCUT2D eigenvalue weighted by molar-refractivity contribution is 5.84. The summed E-state index contributed by atoms with van der Waals surface area (Å²) in [7, 11) is 1.37. The lowest BCUT2D eigenvalue weighted by Gasteiger charge is -2.31. The maximum absolute atomic E-state index is 13.8. The van der Waals surface area contributed by atoms with Crippen molar-refractivity contribution in [2.24, 2.45) is 0 Å². The monoisotopic (exact) mass is 265 g/mol. The molecular weight excluding hydrogens is 245 g/mol. The molecule has 0 bridgehead atoms. The molecule has 3 nitrogen and oxygen atoms in total. The Balaban J connectivity index is 2.48. The third kappa shape index (κ3) is 2.25. The van der Waals surface area contributed by atoms with Gasteiger partial charge in [0.2, 0.25) is 0 Å². The van der Waals surface area contributed by atoms with Gasteiger partial charge in [-0.15, -0.1) is 0 Å². The van der Waals surface area contributed by atoms with E-state index in [1.165, 1.54) is 13.2 Å². The standard InChI is InChI=1S/C15H20FNO2/c1-4-10(2)17-15(14(18)19-3)9-8-11-12(15)6-5-7-13(11)16/h5-7,10,17H,4,8-9H2,1-3H3. The maximum atomic E-state index is 13.8. The van der Waals surface area contributed by atoms with Gasteiger partial charge in [-0.2, -0.15) is 0 Å². The van der Waals surface area contributed by atoms with Crippen molar-refractivity contribution in [3.8, 4) is 0 Å². The molecule has 0 saturated heterocycles. The molecular formula is C15H20FNO2. The first-order valence-electron chi connectivity index (χ1n) is 6.69. The van der Waals surface area contributed by atoms with Crippen LogP contribution < -0.4 is 5.32 Å². The zero-order chi connectivity index (χ0) is 14.0. The van der Waals surface area contributed by atoms with Crippen molar-refractivity contribution in [1.82, 2.24) is 5.32 Å². The summed E-state index contributed by atoms with van der Waals surface area (Å²) in [5.41, 5.74) is 0.449. The second kappa shape index (κ2) is 5.29. The summed E-state index contributed by atoms with van der Waals surface area (Å²) in [4.78, 5) is 12.3. The summed E-state index contributed by atoms with van der Waals surface area (Å²) in [5.74, 6) is -0.577. The van der Waals surface area contributed by atoms with Crippen LogP contribution >= 0.6 is 0 Å². The second-order valence-corrected chi connectivity index (χ2v) is 5.12. The van der Waals surface area contributed by atoms with Crippen LogP contribution in [0.2, 0.25) is 0 Å². The molecule has 2 rings (SSSR count). The van der Waals surface area contributed by atoms with Gasteiger partial charge in [0, 0.05) is 6.04 Å². The molecule has 4 heteroatoms. The number of hydrogen-bond donors (Lipinski definition) is 1. The summed E-state index contributed by atoms with van der Waals surface area (Å²) in [6, 6.07) is 5.07. The maximum Gasteiger partial charge on any atom is 0.330 e. The van der Waals surface area contributed by atoms with Crippen LogP contribution in [-0.4, -0.2) is 19.1 Å². The molecule has 0 radical (unpaired) electrons. The van der Waals surface area contributed by atoms with Gasteiger partial charge < -0.3 is 4.74 Å². The van der Waals surface area contributed by atoms with E-state index in [4.69, 9.17) is 4.74 Å². The third-order valence-electron chi connectivity index (χ3n) is 3.97. The van der Waals surface area contributed by atoms with E-state index < -0.39 is 5.54 Å². The minimum atomic E-state index is -0.901. The number of ether oxygens (including phenoxy) is 1. The molecule has 0 fully saturated rings. The highest BCUT2D eigenvalue weighted by Gasteiger charge is 2.47. The van der Waals surface area contributed by atoms with Crippen LogP contribution in [0.15, 0.2) is 18.2 Å². The quantitative estimate of drug-likeness (QED) is 0.850. The molecule has 0 aromatic heterocycles. The van der Waals surface area contributed by atoms with Crippen LogP contribution in [0.5, 0.6) is 0 Å². The number of halogens is 1. The zero-order valence-corrected chi connectivity index (χ0v) is 11.6. The van der Waals surface area contributed by atoms with Gasteiger partial charge in [0.15, 0.2) is 0 Å². The number of carbonyl (C=O) groups excluding carboxylic acids is 1. The average molecular weight is 265 g/mol. The van der Waals surface area contributed by atoms with Gasteiger partial charge in [0.25, 0.3) is 0 Å². The Bertz CT molecular complexity index is 489. The number of benzene rings is 1. The van der Waals surface area contributed by atoms with E-state index in [-0.39, 0.29) is 17.8 Å². The number of hydrogen-bond acceptors (Lipinski definition) is 3. The molecule has 0 spiro atoms. The third-order valence-corrected chi connectivity index (χ3v) is 3.97. The fourth-order valence-corrected chi connectivity index (χ4v) is 2.78. The predicted octanol–water partition coefficient (Wildman–Crippen LogP) is 2.53. The summed E-state index contributed by atoms with van der Waals surface area (Å²) < 4.78 is 18.8. The van der Waals surface area contributed by atoms with Crippen molar-refractivity contribution in [3.63, 3.8) is 0 Å². The summed E-state index contributed by atoms with van der Waals surface area (Å²) in [5, 5.41) is 3.33. The molecule has 1 aromatic rings. The minimum absolute atomic E-state index is 0.160. The number of esters is 1. The molecule has 2 unspecified atom stereocenters. The van der Waals surface area contributed by atoms with Gasteiger partial charge in [-0.25, -0.2) is 9.18 Å². The van der Waals surface area contributed by atoms with Crippen LogP contribution in [0.3, 0.4) is 0 Å². The van der Waals surface area contributed by atoms with Crippen LogP contribution in [0.25, 0.3) is 0 Å². The van der Waals surface area contributed by atoms with Gasteiger partial charge >= 0.3 is 5.97 Å². The molecule has 1 aliphatic rings. The van der Waals surface area contributed by atoms with Crippen LogP contribution in [0.1, 0.15) is 37.8 Å². The number of fused-ring (bicyclic) bond motifs is 1. The molecule has 1 aromatic carbocycles. The molecule has 104 valence electrons. The molecule has 0 saturated carbocycles. The first-order valence-corrected chi connectivity index (χ1v) is 6.69. The second-order valence-electron chi connectivity index (χ2n) is 5.12. The fourth-order valence-electron chi connectivity index (χ4n) is 2.78. The first-order chi connectivity index (χ1) is 9.05. The molecule has 1 N–H and O–H groups in total. The van der Waals surface area contributed by atoms with Gasteiger partial charge in [0.05, 0.1) is 7.11 Å². The highest BCUT2D eigenvalue weighted by atomic mass is 19.1. The lowest BCUT2D eigenvalue weighted by Crippen LogP contribution is -2.51. The van der Waals surface area contributed by atoms with Crippen LogP contribution in [0, 0.1) is 5.82 Å². The normalized spacial score (nSPS) is 22.9. The molecule has 0 amide bonds. The Morgan fingerprint density at radius 3 is 2.95 bits per heavy atom. The smallest absolute Gasteiger partial charge is 0.330 e. The summed E-state index contributed by atoms with van der Waals surface area (Å²) >= 11 is 0. The van der Waals surface area contributed by atoms with Crippen molar-refractivity contribution in [3.05, 3.63) is 35.1 Å². The van der Waals surface area contributed by atoms with Crippen molar-refractivity contribution >= 4 is 5.97 Å². The highest BCUT2D eigenvalue weighted by Crippen LogP contribution is 2.39. The Hall–Kier alpha value is -1.42. The van der Waals surface area contributed by atoms with Crippen molar-refractivity contribution in [2.45, 2.75) is 44.7 Å². The van der Waals surface area contributed by atoms with E-state index in [2.05, 4.69) is 5.32 Å². The largest absolute Gasteiger partial charge is 0.467 e. The predicted molar refractivity (Wildman–Crippen MR) is 71.3 cm³/mol. The van der Waals surface area contributed by atoms with E-state index in [9.17, 15) is 9.18 Å². The number of nitrogens with one attached hydrogen (secondary N) is 1. The summed E-state index contributed by atoms with van der Waals surface area (Å²) in [6.07, 6.45) is 1.99. The number of carbonyl (C=O) groups is 1. The van der Waals surface area contributed by atoms with Gasteiger partial charge in [-0.05, 0) is 43.4 Å². The van der Waals surface area contributed by atoms with Crippen molar-refractivity contribution < 1.29 is 13.9 Å². The number of rotatable bonds is 4. The van der Waals surface area contributed by atoms with Crippen molar-refractivity contribution in [2.75, 3.05) is 7.11 Å². The molecule has 0 heterocycles. The molecule has 19 heavy (non-hydrogen) atoms. The van der Waals surface area contributed by atoms with Crippen LogP contribution in [-0.2, 0) is 21.5 Å². The van der Waals surface area contributed by atoms with E-state index in [0.29, 0.717) is 18.4 Å². The van der Waals surface area contributed by atoms with Gasteiger partial charge in [-0.3, -0.25) is 5.32 Å². The topological polar surface area (TPSA) is 38.3 Å². The Kier molecular flexibility index (Phi) is 3.90. The Labute approximate surface area is 113 Å². The van der Waals surface area contributed by atoms with Gasteiger partial charge in [0.1, 0.15) is 11.4 Å². The van der Waals surface area contributed by atoms with Crippen molar-refractivity contribution in [1.29, 1.82) is 0 Å². The zero-order valence-electron chi connectivity index (χ0n) is 11.6. The molecule has 2 atom stereocenters.